The third kappa shape index (κ3) is 2.31. The maximum absolute atomic E-state index is 9.06. The van der Waals surface area contributed by atoms with E-state index in [-0.39, 0.29) is 11.3 Å². The van der Waals surface area contributed by atoms with E-state index in [0.29, 0.717) is 9.37 Å². The van der Waals surface area contributed by atoms with Crippen LogP contribution in [0.5, 0.6) is 0 Å². The molecule has 0 unspecified atom stereocenters. The van der Waals surface area contributed by atoms with Crippen LogP contribution in [0.25, 0.3) is 0 Å². The van der Waals surface area contributed by atoms with Crippen LogP contribution >= 0.6 is 15.9 Å². The first-order chi connectivity index (χ1) is 10.3. The van der Waals surface area contributed by atoms with E-state index in [1.54, 1.807) is 5.32 Å². The molecule has 0 bridgehead atoms. The quantitative estimate of drug-likeness (QED) is 0.847. The predicted molar refractivity (Wildman–Crippen MR) is 63.9 cm³/mol. The van der Waals surface area contributed by atoms with Crippen molar-refractivity contribution in [1.82, 2.24) is 5.32 Å². The molecule has 0 saturated carbocycles. The molecule has 1 aromatic carbocycles. The predicted octanol–water partition coefficient (Wildman–Crippen LogP) is 1.73. The Bertz CT molecular complexity index is 658. The van der Waals surface area contributed by atoms with E-state index in [4.69, 9.17) is 16.2 Å². The highest BCUT2D eigenvalue weighted by Gasteiger charge is 2.11. The van der Waals surface area contributed by atoms with E-state index < -0.39 is 26.0 Å². The van der Waals surface area contributed by atoms with Crippen molar-refractivity contribution in [2.75, 3.05) is 30.9 Å². The number of rotatable bonds is 1. The minimum absolute atomic E-state index is 0.0914. The van der Waals surface area contributed by atoms with Crippen molar-refractivity contribution in [3.8, 4) is 6.07 Å². The summed E-state index contributed by atoms with van der Waals surface area (Å²) >= 11 is 3.13. The van der Waals surface area contributed by atoms with Crippen LogP contribution in [0.3, 0.4) is 0 Å². The molecule has 3 nitrogen and oxygen atoms in total. The first-order valence-electron chi connectivity index (χ1n) is 8.07. The van der Waals surface area contributed by atoms with Crippen LogP contribution < -0.4 is 10.2 Å². The third-order valence-electron chi connectivity index (χ3n) is 1.79. The second kappa shape index (κ2) is 4.65. The Kier molecular flexibility index (Phi) is 1.38. The van der Waals surface area contributed by atoms with Gasteiger partial charge in [0, 0.05) is 41.6 Å². The topological polar surface area (TPSA) is 39.1 Å². The Morgan fingerprint density at radius 1 is 1.47 bits per heavy atom. The Morgan fingerprint density at radius 3 is 2.87 bits per heavy atom. The number of nitrogens with zero attached hydrogens (tertiary/aromatic N) is 2. The number of nitriles is 1. The molecule has 1 saturated heterocycles. The van der Waals surface area contributed by atoms with Crippen molar-refractivity contribution < 1.29 is 11.0 Å². The van der Waals surface area contributed by atoms with Crippen LogP contribution in [0.1, 0.15) is 16.5 Å². The highest BCUT2D eigenvalue weighted by Crippen LogP contribution is 2.23. The normalized spacial score (nSPS) is 37.5. The maximum Gasteiger partial charge on any atom is 0.100 e. The van der Waals surface area contributed by atoms with Gasteiger partial charge in [0.15, 0.2) is 0 Å². The van der Waals surface area contributed by atoms with Gasteiger partial charge in [-0.15, -0.1) is 0 Å². The Balaban J connectivity index is 2.72. The molecular formula is C11H12BrN3. The molecule has 1 N–H and O–H groups in total. The minimum Gasteiger partial charge on any atom is -0.369 e. The zero-order chi connectivity index (χ0) is 17.8. The fourth-order valence-electron chi connectivity index (χ4n) is 1.09. The van der Waals surface area contributed by atoms with E-state index in [1.807, 2.05) is 6.07 Å². The summed E-state index contributed by atoms with van der Waals surface area (Å²) in [5.41, 5.74) is -0.0530. The summed E-state index contributed by atoms with van der Waals surface area (Å²) in [5.74, 6) is 0. The number of hydrogen-bond acceptors (Lipinski definition) is 3. The standard InChI is InChI=1S/C11H12BrN3/c12-11-2-1-10(7-9(11)8-13)15-5-3-14-4-6-15/h1-2,7,14H,3-6H2/i3D2,4D2,5D2,6D2. The van der Waals surface area contributed by atoms with Crippen LogP contribution in [0.15, 0.2) is 22.7 Å². The molecule has 0 radical (unpaired) electrons. The monoisotopic (exact) mass is 273 g/mol. The lowest BCUT2D eigenvalue weighted by molar-refractivity contribution is 0.589. The molecule has 1 aliphatic rings. The molecular weight excluding hydrogens is 254 g/mol. The van der Waals surface area contributed by atoms with Crippen molar-refractivity contribution in [1.29, 1.82) is 5.26 Å². The first-order valence-corrected chi connectivity index (χ1v) is 4.86. The smallest absolute Gasteiger partial charge is 0.100 e. The van der Waals surface area contributed by atoms with Crippen LogP contribution in [0, 0.1) is 11.3 Å². The highest BCUT2D eigenvalue weighted by atomic mass is 79.9. The molecule has 78 valence electrons. The molecule has 0 atom stereocenters. The van der Waals surface area contributed by atoms with Gasteiger partial charge in [0.05, 0.1) is 11.0 Å². The van der Waals surface area contributed by atoms with Crippen molar-refractivity contribution in [2.45, 2.75) is 0 Å². The Morgan fingerprint density at radius 2 is 2.20 bits per heavy atom. The molecule has 2 rings (SSSR count). The van der Waals surface area contributed by atoms with Crippen LogP contribution in [-0.2, 0) is 0 Å². The summed E-state index contributed by atoms with van der Waals surface area (Å²) in [6, 6.07) is 5.71. The van der Waals surface area contributed by atoms with Gasteiger partial charge in [-0.3, -0.25) is 0 Å². The van der Waals surface area contributed by atoms with Crippen LogP contribution in [0.4, 0.5) is 5.69 Å². The van der Waals surface area contributed by atoms with Gasteiger partial charge in [-0.2, -0.15) is 5.26 Å². The fraction of sp³-hybridized carbons (Fsp3) is 0.364. The second-order valence-electron chi connectivity index (χ2n) is 2.71. The molecule has 1 aliphatic heterocycles. The van der Waals surface area contributed by atoms with Gasteiger partial charge >= 0.3 is 0 Å². The first kappa shape index (κ1) is 4.44. The van der Waals surface area contributed by atoms with Crippen molar-refractivity contribution in [3.05, 3.63) is 28.2 Å². The van der Waals surface area contributed by atoms with Gasteiger partial charge in [0.1, 0.15) is 6.07 Å². The Hall–Kier alpha value is -1.05. The molecule has 1 fully saturated rings. The minimum atomic E-state index is -2.91. The van der Waals surface area contributed by atoms with E-state index in [2.05, 4.69) is 15.9 Å². The molecule has 0 aromatic heterocycles. The van der Waals surface area contributed by atoms with Crippen LogP contribution in [-0.4, -0.2) is 26.0 Å². The summed E-state index contributed by atoms with van der Waals surface area (Å²) in [6.45, 7) is -11.6. The lowest BCUT2D eigenvalue weighted by Crippen LogP contribution is -2.43. The van der Waals surface area contributed by atoms with Gasteiger partial charge in [0.25, 0.3) is 0 Å². The number of nitrogens with one attached hydrogen (secondary N) is 1. The van der Waals surface area contributed by atoms with E-state index in [1.165, 1.54) is 18.2 Å². The summed E-state index contributed by atoms with van der Waals surface area (Å²) in [7, 11) is 0. The lowest BCUT2D eigenvalue weighted by Gasteiger charge is -2.29. The average Bonchev–Trinajstić information content (AvgIpc) is 2.37. The van der Waals surface area contributed by atoms with E-state index >= 15 is 0 Å². The van der Waals surface area contributed by atoms with Crippen molar-refractivity contribution in [3.63, 3.8) is 0 Å². The third-order valence-corrected chi connectivity index (χ3v) is 2.48. The number of anilines is 1. The molecule has 0 spiro atoms. The SMILES string of the molecule is [2H]C1([2H])NC([2H])([2H])C([2H])([2H])N(c2ccc(Br)c(C#N)c2)C1([2H])[2H]. The summed E-state index contributed by atoms with van der Waals surface area (Å²) in [5, 5.41) is 10.8. The van der Waals surface area contributed by atoms with Crippen molar-refractivity contribution >= 4 is 21.6 Å². The molecule has 1 heterocycles. The zero-order valence-electron chi connectivity index (χ0n) is 15.5. The van der Waals surface area contributed by atoms with Gasteiger partial charge in [-0.25, -0.2) is 0 Å². The molecule has 15 heavy (non-hydrogen) atoms. The molecule has 0 aliphatic carbocycles. The van der Waals surface area contributed by atoms with Gasteiger partial charge in [-0.1, -0.05) is 0 Å². The number of halogens is 1. The zero-order valence-corrected chi connectivity index (χ0v) is 9.09. The maximum atomic E-state index is 9.06. The van der Waals surface area contributed by atoms with Crippen molar-refractivity contribution in [2.24, 2.45) is 0 Å². The average molecular weight is 274 g/mol. The summed E-state index contributed by atoms with van der Waals surface area (Å²) in [6.07, 6.45) is 0. The second-order valence-corrected chi connectivity index (χ2v) is 3.56. The number of benzene rings is 1. The Labute approximate surface area is 109 Å². The van der Waals surface area contributed by atoms with Crippen LogP contribution in [0.2, 0.25) is 0 Å². The highest BCUT2D eigenvalue weighted by molar-refractivity contribution is 9.10. The molecule has 0 amide bonds. The lowest BCUT2D eigenvalue weighted by atomic mass is 10.2. The number of hydrogen-bond donors (Lipinski definition) is 1. The molecule has 1 aromatic rings. The van der Waals surface area contributed by atoms with E-state index in [9.17, 15) is 0 Å². The van der Waals surface area contributed by atoms with Gasteiger partial charge in [-0.05, 0) is 34.1 Å². The summed E-state index contributed by atoms with van der Waals surface area (Å²) < 4.78 is 63.3. The van der Waals surface area contributed by atoms with Gasteiger partial charge < -0.3 is 10.2 Å². The summed E-state index contributed by atoms with van der Waals surface area (Å²) in [4.78, 5) is 0.393. The van der Waals surface area contributed by atoms with Gasteiger partial charge in [0.2, 0.25) is 0 Å². The largest absolute Gasteiger partial charge is 0.369 e. The number of piperazine rings is 1. The fourth-order valence-corrected chi connectivity index (χ4v) is 1.43. The van der Waals surface area contributed by atoms with E-state index in [0.717, 1.165) is 0 Å². The molecule has 4 heteroatoms.